The molecule has 1 heterocycles. The Morgan fingerprint density at radius 3 is 2.93 bits per heavy atom. The molecule has 15 heavy (non-hydrogen) atoms. The van der Waals surface area contributed by atoms with Crippen LogP contribution in [-0.4, -0.2) is 44.3 Å². The van der Waals surface area contributed by atoms with Crippen LogP contribution in [0.3, 0.4) is 0 Å². The molecule has 1 saturated heterocycles. The van der Waals surface area contributed by atoms with Crippen molar-refractivity contribution in [3.63, 3.8) is 0 Å². The van der Waals surface area contributed by atoms with Crippen LogP contribution in [0.5, 0.6) is 0 Å². The summed E-state index contributed by atoms with van der Waals surface area (Å²) in [6, 6.07) is 0.366. The molecule has 90 valence electrons. The lowest BCUT2D eigenvalue weighted by atomic mass is 10.1. The smallest absolute Gasteiger partial charge is 0.0503 e. The maximum absolute atomic E-state index is 5.72. The third-order valence-corrected chi connectivity index (χ3v) is 3.16. The number of ether oxygens (including phenoxy) is 1. The van der Waals surface area contributed by atoms with Crippen LogP contribution in [0.1, 0.15) is 32.6 Å². The summed E-state index contributed by atoms with van der Waals surface area (Å²) in [5.41, 5.74) is 5.72. The van der Waals surface area contributed by atoms with Gasteiger partial charge in [-0.2, -0.15) is 0 Å². The molecule has 0 bridgehead atoms. The number of nitrogens with two attached hydrogens (primary N) is 1. The van der Waals surface area contributed by atoms with Crippen molar-refractivity contribution in [2.24, 2.45) is 11.7 Å². The Kier molecular flexibility index (Phi) is 6.22. The summed E-state index contributed by atoms with van der Waals surface area (Å²) in [6.07, 6.45) is 5.03. The second-order valence-electron chi connectivity index (χ2n) is 4.88. The van der Waals surface area contributed by atoms with E-state index in [-0.39, 0.29) is 0 Å². The number of unbranched alkanes of at least 4 members (excludes halogenated alkanes) is 1. The van der Waals surface area contributed by atoms with E-state index in [9.17, 15) is 0 Å². The zero-order chi connectivity index (χ0) is 11.1. The molecule has 1 aliphatic rings. The van der Waals surface area contributed by atoms with Gasteiger partial charge in [-0.05, 0) is 45.2 Å². The lowest BCUT2D eigenvalue weighted by Gasteiger charge is -2.15. The van der Waals surface area contributed by atoms with Crippen molar-refractivity contribution in [2.45, 2.75) is 38.6 Å². The van der Waals surface area contributed by atoms with Gasteiger partial charge in [0, 0.05) is 19.7 Å². The van der Waals surface area contributed by atoms with Crippen molar-refractivity contribution in [2.75, 3.05) is 33.4 Å². The zero-order valence-corrected chi connectivity index (χ0v) is 10.2. The topological polar surface area (TPSA) is 38.5 Å². The van der Waals surface area contributed by atoms with E-state index in [0.29, 0.717) is 6.04 Å². The molecule has 2 atom stereocenters. The highest BCUT2D eigenvalue weighted by Gasteiger charge is 2.21. The SMILES string of the molecule is COCC1CCN(CCCCC(C)N)C1. The first-order valence-electron chi connectivity index (χ1n) is 6.19. The van der Waals surface area contributed by atoms with Crippen molar-refractivity contribution < 1.29 is 4.74 Å². The maximum atomic E-state index is 5.72. The number of rotatable bonds is 7. The summed E-state index contributed by atoms with van der Waals surface area (Å²) in [4.78, 5) is 2.56. The molecule has 1 aliphatic heterocycles. The van der Waals surface area contributed by atoms with Crippen LogP contribution >= 0.6 is 0 Å². The quantitative estimate of drug-likeness (QED) is 0.652. The van der Waals surface area contributed by atoms with Gasteiger partial charge in [-0.15, -0.1) is 0 Å². The summed E-state index contributed by atoms with van der Waals surface area (Å²) >= 11 is 0. The molecule has 2 N–H and O–H groups in total. The monoisotopic (exact) mass is 214 g/mol. The minimum atomic E-state index is 0.366. The van der Waals surface area contributed by atoms with Crippen molar-refractivity contribution in [1.82, 2.24) is 4.90 Å². The van der Waals surface area contributed by atoms with Crippen LogP contribution in [0.15, 0.2) is 0 Å². The molecular formula is C12H26N2O. The molecule has 2 unspecified atom stereocenters. The van der Waals surface area contributed by atoms with Crippen molar-refractivity contribution >= 4 is 0 Å². The fourth-order valence-corrected chi connectivity index (χ4v) is 2.29. The van der Waals surface area contributed by atoms with Gasteiger partial charge in [-0.25, -0.2) is 0 Å². The van der Waals surface area contributed by atoms with E-state index in [0.717, 1.165) is 18.9 Å². The Hall–Kier alpha value is -0.120. The van der Waals surface area contributed by atoms with Crippen molar-refractivity contribution in [3.8, 4) is 0 Å². The van der Waals surface area contributed by atoms with E-state index in [2.05, 4.69) is 11.8 Å². The third kappa shape index (κ3) is 5.50. The van der Waals surface area contributed by atoms with Crippen molar-refractivity contribution in [1.29, 1.82) is 0 Å². The van der Waals surface area contributed by atoms with Gasteiger partial charge in [0.15, 0.2) is 0 Å². The van der Waals surface area contributed by atoms with E-state index in [4.69, 9.17) is 10.5 Å². The summed E-state index contributed by atoms with van der Waals surface area (Å²) in [6.45, 7) is 6.74. The average molecular weight is 214 g/mol. The lowest BCUT2D eigenvalue weighted by Crippen LogP contribution is -2.23. The Labute approximate surface area is 94.0 Å². The van der Waals surface area contributed by atoms with Crippen LogP contribution in [0.4, 0.5) is 0 Å². The summed E-state index contributed by atoms with van der Waals surface area (Å²) in [5.74, 6) is 0.767. The third-order valence-electron chi connectivity index (χ3n) is 3.16. The molecule has 0 saturated carbocycles. The normalized spacial score (nSPS) is 24.6. The highest BCUT2D eigenvalue weighted by atomic mass is 16.5. The molecule has 0 aliphatic carbocycles. The second kappa shape index (κ2) is 7.20. The summed E-state index contributed by atoms with van der Waals surface area (Å²) in [7, 11) is 1.80. The molecule has 3 nitrogen and oxygen atoms in total. The predicted octanol–water partition coefficient (Wildman–Crippen LogP) is 1.47. The standard InChI is InChI=1S/C12H26N2O/c1-11(13)5-3-4-7-14-8-6-12(9-14)10-15-2/h11-12H,3-10,13H2,1-2H3. The van der Waals surface area contributed by atoms with Crippen LogP contribution in [0.2, 0.25) is 0 Å². The zero-order valence-electron chi connectivity index (χ0n) is 10.2. The first kappa shape index (κ1) is 12.9. The van der Waals surface area contributed by atoms with Gasteiger partial charge < -0.3 is 15.4 Å². The Balaban J connectivity index is 1.99. The van der Waals surface area contributed by atoms with E-state index < -0.39 is 0 Å². The fourth-order valence-electron chi connectivity index (χ4n) is 2.29. The highest BCUT2D eigenvalue weighted by Crippen LogP contribution is 2.16. The summed E-state index contributed by atoms with van der Waals surface area (Å²) < 4.78 is 5.19. The van der Waals surface area contributed by atoms with Crippen LogP contribution in [-0.2, 0) is 4.74 Å². The average Bonchev–Trinajstić information content (AvgIpc) is 2.61. The number of methoxy groups -OCH3 is 1. The number of nitrogens with zero attached hydrogens (tertiary/aromatic N) is 1. The molecule has 1 fully saturated rings. The molecule has 3 heteroatoms. The second-order valence-corrected chi connectivity index (χ2v) is 4.88. The van der Waals surface area contributed by atoms with E-state index >= 15 is 0 Å². The number of hydrogen-bond acceptors (Lipinski definition) is 3. The minimum Gasteiger partial charge on any atom is -0.384 e. The molecule has 0 aromatic rings. The Bertz CT molecular complexity index is 162. The lowest BCUT2D eigenvalue weighted by molar-refractivity contribution is 0.153. The van der Waals surface area contributed by atoms with Crippen LogP contribution in [0.25, 0.3) is 0 Å². The van der Waals surface area contributed by atoms with E-state index in [1.54, 1.807) is 7.11 Å². The van der Waals surface area contributed by atoms with E-state index in [1.165, 1.54) is 38.9 Å². The molecule has 0 radical (unpaired) electrons. The molecule has 0 aromatic heterocycles. The summed E-state index contributed by atoms with van der Waals surface area (Å²) in [5, 5.41) is 0. The molecule has 0 amide bonds. The minimum absolute atomic E-state index is 0.366. The largest absolute Gasteiger partial charge is 0.384 e. The van der Waals surface area contributed by atoms with Gasteiger partial charge in [-0.1, -0.05) is 6.42 Å². The van der Waals surface area contributed by atoms with Gasteiger partial charge in [0.05, 0.1) is 6.61 Å². The first-order valence-corrected chi connectivity index (χ1v) is 6.19. The van der Waals surface area contributed by atoms with Gasteiger partial charge >= 0.3 is 0 Å². The predicted molar refractivity (Wildman–Crippen MR) is 63.9 cm³/mol. The number of hydrogen-bond donors (Lipinski definition) is 1. The van der Waals surface area contributed by atoms with Crippen molar-refractivity contribution in [3.05, 3.63) is 0 Å². The maximum Gasteiger partial charge on any atom is 0.0503 e. The molecule has 0 aromatic carbocycles. The Morgan fingerprint density at radius 2 is 2.27 bits per heavy atom. The molecule has 1 rings (SSSR count). The molecular weight excluding hydrogens is 188 g/mol. The van der Waals surface area contributed by atoms with Gasteiger partial charge in [0.25, 0.3) is 0 Å². The van der Waals surface area contributed by atoms with Gasteiger partial charge in [0.2, 0.25) is 0 Å². The Morgan fingerprint density at radius 1 is 1.47 bits per heavy atom. The van der Waals surface area contributed by atoms with Crippen LogP contribution < -0.4 is 5.73 Å². The number of likely N-dealkylation sites (tertiary alicyclic amines) is 1. The highest BCUT2D eigenvalue weighted by molar-refractivity contribution is 4.75. The molecule has 0 spiro atoms. The van der Waals surface area contributed by atoms with E-state index in [1.807, 2.05) is 0 Å². The first-order chi connectivity index (χ1) is 7.22. The fraction of sp³-hybridized carbons (Fsp3) is 1.00. The van der Waals surface area contributed by atoms with Gasteiger partial charge in [0.1, 0.15) is 0 Å². The van der Waals surface area contributed by atoms with Crippen LogP contribution in [0, 0.1) is 5.92 Å². The van der Waals surface area contributed by atoms with Gasteiger partial charge in [-0.3, -0.25) is 0 Å².